The van der Waals surface area contributed by atoms with Gasteiger partial charge in [0.15, 0.2) is 5.54 Å². The maximum absolute atomic E-state index is 13.7. The van der Waals surface area contributed by atoms with Gasteiger partial charge in [0.25, 0.3) is 5.91 Å². The Balaban J connectivity index is 1.94. The maximum atomic E-state index is 13.7. The average Bonchev–Trinajstić information content (AvgIpc) is 3.01. The van der Waals surface area contributed by atoms with Gasteiger partial charge in [0.05, 0.1) is 0 Å². The Kier molecular flexibility index (Phi) is 6.83. The second-order valence-electron chi connectivity index (χ2n) is 7.56. The van der Waals surface area contributed by atoms with Crippen molar-refractivity contribution in [2.75, 3.05) is 19.6 Å². The highest BCUT2D eigenvalue weighted by Gasteiger charge is 2.50. The number of carbonyl (C=O) groups excluding carboxylic acids is 2. The maximum Gasteiger partial charge on any atom is 0.265 e. The number of nitrogens with zero attached hydrogens (tertiary/aromatic N) is 3. The smallest absolute Gasteiger partial charge is 0.265 e. The second-order valence-corrected chi connectivity index (χ2v) is 7.56. The fraction of sp³-hybridized carbons (Fsp3) is 0.375. The van der Waals surface area contributed by atoms with Crippen LogP contribution in [0.3, 0.4) is 0 Å². The van der Waals surface area contributed by atoms with E-state index in [2.05, 4.69) is 4.99 Å². The van der Waals surface area contributed by atoms with E-state index >= 15 is 0 Å². The van der Waals surface area contributed by atoms with Crippen LogP contribution in [0.1, 0.15) is 44.7 Å². The lowest BCUT2D eigenvalue weighted by Crippen LogP contribution is -2.43. The van der Waals surface area contributed by atoms with Gasteiger partial charge in [-0.3, -0.25) is 14.5 Å². The van der Waals surface area contributed by atoms with Crippen LogP contribution < -0.4 is 0 Å². The summed E-state index contributed by atoms with van der Waals surface area (Å²) >= 11 is 0. The minimum atomic E-state index is -1.44. The van der Waals surface area contributed by atoms with Crippen LogP contribution >= 0.6 is 0 Å². The molecule has 3 rings (SSSR count). The summed E-state index contributed by atoms with van der Waals surface area (Å²) < 4.78 is 27.1. The Labute approximate surface area is 181 Å². The van der Waals surface area contributed by atoms with E-state index < -0.39 is 17.2 Å². The van der Waals surface area contributed by atoms with Crippen molar-refractivity contribution in [3.63, 3.8) is 0 Å². The molecule has 0 radical (unpaired) electrons. The average molecular weight is 427 g/mol. The molecular weight excluding hydrogens is 400 g/mol. The van der Waals surface area contributed by atoms with Crippen LogP contribution in [0.2, 0.25) is 0 Å². The quantitative estimate of drug-likeness (QED) is 0.637. The molecule has 0 saturated carbocycles. The molecule has 0 N–H and O–H groups in total. The van der Waals surface area contributed by atoms with Crippen molar-refractivity contribution in [3.05, 3.63) is 71.3 Å². The Bertz CT molecular complexity index is 926. The van der Waals surface area contributed by atoms with Crippen LogP contribution in [0.4, 0.5) is 8.78 Å². The molecule has 7 heteroatoms. The minimum Gasteiger partial charge on any atom is -0.343 e. The van der Waals surface area contributed by atoms with Crippen molar-refractivity contribution in [3.8, 4) is 0 Å². The van der Waals surface area contributed by atoms with Gasteiger partial charge in [0, 0.05) is 26.1 Å². The normalized spacial score (nSPS) is 15.2. The molecule has 1 aliphatic rings. The van der Waals surface area contributed by atoms with Gasteiger partial charge in [-0.05, 0) is 55.7 Å². The third-order valence-corrected chi connectivity index (χ3v) is 5.58. The van der Waals surface area contributed by atoms with Crippen LogP contribution in [0.25, 0.3) is 0 Å². The molecule has 1 aliphatic heterocycles. The summed E-state index contributed by atoms with van der Waals surface area (Å²) in [6.07, 6.45) is 1.04. The molecule has 2 aromatic rings. The highest BCUT2D eigenvalue weighted by Crippen LogP contribution is 2.40. The van der Waals surface area contributed by atoms with Gasteiger partial charge in [-0.2, -0.15) is 0 Å². The summed E-state index contributed by atoms with van der Waals surface area (Å²) in [4.78, 5) is 34.2. The molecule has 0 aliphatic carbocycles. The van der Waals surface area contributed by atoms with Crippen LogP contribution in [0.15, 0.2) is 53.5 Å². The highest BCUT2D eigenvalue weighted by atomic mass is 19.1. The van der Waals surface area contributed by atoms with Crippen LogP contribution in [0.5, 0.6) is 0 Å². The summed E-state index contributed by atoms with van der Waals surface area (Å²) in [6, 6.07) is 11.2. The number of amidine groups is 1. The fourth-order valence-electron chi connectivity index (χ4n) is 3.98. The number of hydrogen-bond donors (Lipinski definition) is 0. The summed E-state index contributed by atoms with van der Waals surface area (Å²) in [6.45, 7) is 7.12. The van der Waals surface area contributed by atoms with Gasteiger partial charge in [-0.15, -0.1) is 0 Å². The Hall–Kier alpha value is -3.09. The van der Waals surface area contributed by atoms with Gasteiger partial charge in [0.1, 0.15) is 17.5 Å². The van der Waals surface area contributed by atoms with E-state index in [1.165, 1.54) is 53.4 Å². The molecule has 0 atom stereocenters. The molecule has 0 aromatic heterocycles. The molecule has 164 valence electrons. The van der Waals surface area contributed by atoms with E-state index in [0.717, 1.165) is 6.42 Å². The first-order chi connectivity index (χ1) is 14.8. The summed E-state index contributed by atoms with van der Waals surface area (Å²) in [5.41, 5.74) is -0.470. The standard InChI is InChI=1S/C24H27F2N3O2/c1-4-15-28(5-2)22(30)14-16-29-17(3)27-24(23(29)31,18-6-10-20(25)11-7-18)19-8-12-21(26)13-9-19/h6-13H,4-5,14-16H2,1-3H3. The van der Waals surface area contributed by atoms with Crippen molar-refractivity contribution < 1.29 is 18.4 Å². The van der Waals surface area contributed by atoms with Gasteiger partial charge < -0.3 is 4.90 Å². The van der Waals surface area contributed by atoms with Crippen LogP contribution in [-0.2, 0) is 15.1 Å². The van der Waals surface area contributed by atoms with E-state index in [9.17, 15) is 18.4 Å². The fourth-order valence-corrected chi connectivity index (χ4v) is 3.98. The molecular formula is C24H27F2N3O2. The zero-order chi connectivity index (χ0) is 22.6. The van der Waals surface area contributed by atoms with Gasteiger partial charge in [-0.1, -0.05) is 31.2 Å². The zero-order valence-corrected chi connectivity index (χ0v) is 18.1. The first kappa shape index (κ1) is 22.6. The number of benzene rings is 2. The van der Waals surface area contributed by atoms with Crippen LogP contribution in [-0.4, -0.2) is 47.1 Å². The van der Waals surface area contributed by atoms with E-state index in [1.807, 2.05) is 13.8 Å². The van der Waals surface area contributed by atoms with E-state index in [0.29, 0.717) is 30.1 Å². The predicted octanol–water partition coefficient (Wildman–Crippen LogP) is 4.12. The summed E-state index contributed by atoms with van der Waals surface area (Å²) in [5.74, 6) is -0.755. The van der Waals surface area contributed by atoms with Crippen molar-refractivity contribution in [2.24, 2.45) is 4.99 Å². The molecule has 0 spiro atoms. The number of amides is 2. The van der Waals surface area contributed by atoms with Gasteiger partial charge in [0.2, 0.25) is 5.91 Å². The number of rotatable bonds is 8. The molecule has 0 fully saturated rings. The number of halogens is 2. The lowest BCUT2D eigenvalue weighted by Gasteiger charge is -2.28. The molecule has 5 nitrogen and oxygen atoms in total. The predicted molar refractivity (Wildman–Crippen MR) is 116 cm³/mol. The van der Waals surface area contributed by atoms with Crippen molar-refractivity contribution in [2.45, 2.75) is 39.2 Å². The topological polar surface area (TPSA) is 53.0 Å². The Morgan fingerprint density at radius 3 is 1.97 bits per heavy atom. The SMILES string of the molecule is CCCN(CC)C(=O)CCN1C(=O)C(c2ccc(F)cc2)(c2ccc(F)cc2)N=C1C. The summed E-state index contributed by atoms with van der Waals surface area (Å²) in [5, 5.41) is 0. The first-order valence-electron chi connectivity index (χ1n) is 10.5. The van der Waals surface area contributed by atoms with E-state index in [4.69, 9.17) is 0 Å². The zero-order valence-electron chi connectivity index (χ0n) is 18.1. The molecule has 2 amide bonds. The minimum absolute atomic E-state index is 0.0222. The number of aliphatic imine (C=N–C) groups is 1. The van der Waals surface area contributed by atoms with Crippen molar-refractivity contribution in [1.82, 2.24) is 9.80 Å². The van der Waals surface area contributed by atoms with Crippen molar-refractivity contribution in [1.29, 1.82) is 0 Å². The molecule has 1 heterocycles. The monoisotopic (exact) mass is 427 g/mol. The van der Waals surface area contributed by atoms with E-state index in [-0.39, 0.29) is 24.8 Å². The molecule has 0 saturated heterocycles. The molecule has 0 unspecified atom stereocenters. The molecule has 0 bridgehead atoms. The first-order valence-corrected chi connectivity index (χ1v) is 10.5. The molecule has 2 aromatic carbocycles. The van der Waals surface area contributed by atoms with Crippen LogP contribution in [0, 0.1) is 11.6 Å². The Morgan fingerprint density at radius 2 is 1.52 bits per heavy atom. The Morgan fingerprint density at radius 1 is 1.00 bits per heavy atom. The van der Waals surface area contributed by atoms with Crippen molar-refractivity contribution >= 4 is 17.6 Å². The van der Waals surface area contributed by atoms with Gasteiger partial charge >= 0.3 is 0 Å². The molecule has 31 heavy (non-hydrogen) atoms. The van der Waals surface area contributed by atoms with Gasteiger partial charge in [-0.25, -0.2) is 13.8 Å². The highest BCUT2D eigenvalue weighted by molar-refractivity contribution is 6.09. The second kappa shape index (κ2) is 9.37. The third-order valence-electron chi connectivity index (χ3n) is 5.58. The lowest BCUT2D eigenvalue weighted by atomic mass is 9.82. The lowest BCUT2D eigenvalue weighted by molar-refractivity contribution is -0.133. The number of hydrogen-bond acceptors (Lipinski definition) is 3. The van der Waals surface area contributed by atoms with E-state index in [1.54, 1.807) is 11.8 Å². The summed E-state index contributed by atoms with van der Waals surface area (Å²) in [7, 11) is 0. The number of carbonyl (C=O) groups is 2. The third kappa shape index (κ3) is 4.36. The largest absolute Gasteiger partial charge is 0.343 e.